The van der Waals surface area contributed by atoms with Crippen LogP contribution in [0.25, 0.3) is 5.52 Å². The molecule has 0 radical (unpaired) electrons. The summed E-state index contributed by atoms with van der Waals surface area (Å²) in [6, 6.07) is 4.13. The average molecular weight is 264 g/mol. The number of hydrogen-bond acceptors (Lipinski definition) is 2. The standard InChI is InChI=1S/C14H18ClN3/c1-10-2-3-12-14(15)17-13(18(12)9-10)8-11-4-6-16-7-5-11/h2-3,9,11,16H,4-8H2,1H3. The van der Waals surface area contributed by atoms with E-state index in [4.69, 9.17) is 11.6 Å². The third-order valence-corrected chi connectivity index (χ3v) is 4.02. The largest absolute Gasteiger partial charge is 0.317 e. The van der Waals surface area contributed by atoms with E-state index in [1.54, 1.807) is 0 Å². The van der Waals surface area contributed by atoms with Gasteiger partial charge >= 0.3 is 0 Å². The Bertz CT molecular complexity index is 555. The SMILES string of the molecule is Cc1ccc2c(Cl)nc(CC3CCNCC3)n2c1. The maximum Gasteiger partial charge on any atom is 0.155 e. The Morgan fingerprint density at radius 2 is 2.17 bits per heavy atom. The average Bonchev–Trinajstić information content (AvgIpc) is 2.67. The fraction of sp³-hybridized carbons (Fsp3) is 0.500. The Morgan fingerprint density at radius 3 is 2.94 bits per heavy atom. The van der Waals surface area contributed by atoms with Crippen LogP contribution in [-0.2, 0) is 6.42 Å². The van der Waals surface area contributed by atoms with Crippen LogP contribution in [0.3, 0.4) is 0 Å². The molecule has 1 saturated heterocycles. The second-order valence-corrected chi connectivity index (χ2v) is 5.54. The van der Waals surface area contributed by atoms with Crippen molar-refractivity contribution >= 4 is 17.1 Å². The van der Waals surface area contributed by atoms with Gasteiger partial charge in [0, 0.05) is 12.6 Å². The third-order valence-electron chi connectivity index (χ3n) is 3.74. The Kier molecular flexibility index (Phi) is 3.27. The predicted octanol–water partition coefficient (Wildman–Crippen LogP) is 2.84. The highest BCUT2D eigenvalue weighted by Crippen LogP contribution is 2.23. The van der Waals surface area contributed by atoms with Gasteiger partial charge in [0.05, 0.1) is 5.52 Å². The van der Waals surface area contributed by atoms with Crippen LogP contribution in [0.5, 0.6) is 0 Å². The van der Waals surface area contributed by atoms with Crippen molar-refractivity contribution in [3.63, 3.8) is 0 Å². The molecule has 0 saturated carbocycles. The first-order valence-electron chi connectivity index (χ1n) is 6.58. The summed E-state index contributed by atoms with van der Waals surface area (Å²) in [7, 11) is 0. The number of halogens is 1. The molecule has 1 fully saturated rings. The van der Waals surface area contributed by atoms with Crippen LogP contribution < -0.4 is 5.32 Å². The molecule has 0 bridgehead atoms. The number of nitrogens with zero attached hydrogens (tertiary/aromatic N) is 2. The van der Waals surface area contributed by atoms with Crippen molar-refractivity contribution in [1.82, 2.24) is 14.7 Å². The van der Waals surface area contributed by atoms with Crippen LogP contribution in [0, 0.1) is 12.8 Å². The zero-order valence-electron chi connectivity index (χ0n) is 10.6. The first-order valence-corrected chi connectivity index (χ1v) is 6.95. The highest BCUT2D eigenvalue weighted by atomic mass is 35.5. The molecular formula is C14H18ClN3. The van der Waals surface area contributed by atoms with Gasteiger partial charge in [-0.05, 0) is 50.4 Å². The van der Waals surface area contributed by atoms with Gasteiger partial charge in [0.1, 0.15) is 5.82 Å². The van der Waals surface area contributed by atoms with Gasteiger partial charge in [-0.1, -0.05) is 17.7 Å². The Balaban J connectivity index is 1.93. The van der Waals surface area contributed by atoms with Crippen LogP contribution in [0.15, 0.2) is 18.3 Å². The van der Waals surface area contributed by atoms with Crippen molar-refractivity contribution in [2.75, 3.05) is 13.1 Å². The molecule has 0 spiro atoms. The van der Waals surface area contributed by atoms with Crippen molar-refractivity contribution in [3.05, 3.63) is 34.9 Å². The molecule has 1 aliphatic heterocycles. The van der Waals surface area contributed by atoms with Gasteiger partial charge in [0.15, 0.2) is 5.15 Å². The fourth-order valence-corrected chi connectivity index (χ4v) is 2.95. The van der Waals surface area contributed by atoms with E-state index in [2.05, 4.69) is 40.0 Å². The van der Waals surface area contributed by atoms with Gasteiger partial charge < -0.3 is 9.72 Å². The zero-order valence-corrected chi connectivity index (χ0v) is 11.4. The summed E-state index contributed by atoms with van der Waals surface area (Å²) < 4.78 is 2.15. The number of fused-ring (bicyclic) bond motifs is 1. The number of piperidine rings is 1. The summed E-state index contributed by atoms with van der Waals surface area (Å²) >= 11 is 6.20. The Morgan fingerprint density at radius 1 is 1.39 bits per heavy atom. The van der Waals surface area contributed by atoms with E-state index in [1.807, 2.05) is 0 Å². The number of aryl methyl sites for hydroxylation is 1. The molecule has 0 atom stereocenters. The molecule has 1 N–H and O–H groups in total. The van der Waals surface area contributed by atoms with E-state index < -0.39 is 0 Å². The van der Waals surface area contributed by atoms with E-state index in [0.29, 0.717) is 5.15 Å². The Labute approximate surface area is 112 Å². The number of aromatic nitrogens is 2. The van der Waals surface area contributed by atoms with Crippen molar-refractivity contribution in [2.24, 2.45) is 5.92 Å². The minimum atomic E-state index is 0.624. The number of hydrogen-bond donors (Lipinski definition) is 1. The van der Waals surface area contributed by atoms with Crippen molar-refractivity contribution in [3.8, 4) is 0 Å². The number of nitrogens with one attached hydrogen (secondary N) is 1. The molecule has 3 heterocycles. The van der Waals surface area contributed by atoms with Crippen molar-refractivity contribution in [2.45, 2.75) is 26.2 Å². The lowest BCUT2D eigenvalue weighted by atomic mass is 9.94. The number of rotatable bonds is 2. The predicted molar refractivity (Wildman–Crippen MR) is 74.2 cm³/mol. The van der Waals surface area contributed by atoms with Gasteiger partial charge in [-0.2, -0.15) is 0 Å². The first-order chi connectivity index (χ1) is 8.74. The summed E-state index contributed by atoms with van der Waals surface area (Å²) in [5.41, 5.74) is 2.26. The van der Waals surface area contributed by atoms with E-state index >= 15 is 0 Å². The molecule has 18 heavy (non-hydrogen) atoms. The minimum Gasteiger partial charge on any atom is -0.317 e. The highest BCUT2D eigenvalue weighted by Gasteiger charge is 2.17. The molecule has 0 aromatic carbocycles. The van der Waals surface area contributed by atoms with Gasteiger partial charge in [-0.25, -0.2) is 4.98 Å². The maximum atomic E-state index is 6.20. The molecule has 0 amide bonds. The van der Waals surface area contributed by atoms with Crippen LogP contribution in [-0.4, -0.2) is 22.5 Å². The highest BCUT2D eigenvalue weighted by molar-refractivity contribution is 6.32. The topological polar surface area (TPSA) is 29.3 Å². The second-order valence-electron chi connectivity index (χ2n) is 5.18. The van der Waals surface area contributed by atoms with Gasteiger partial charge in [0.25, 0.3) is 0 Å². The second kappa shape index (κ2) is 4.90. The summed E-state index contributed by atoms with van der Waals surface area (Å²) in [6.45, 7) is 4.35. The monoisotopic (exact) mass is 263 g/mol. The Hall–Kier alpha value is -1.06. The molecular weight excluding hydrogens is 246 g/mol. The lowest BCUT2D eigenvalue weighted by Gasteiger charge is -2.21. The summed E-state index contributed by atoms with van der Waals surface area (Å²) in [6.07, 6.45) is 5.63. The van der Waals surface area contributed by atoms with Gasteiger partial charge in [-0.15, -0.1) is 0 Å². The summed E-state index contributed by atoms with van der Waals surface area (Å²) in [5.74, 6) is 1.83. The van der Waals surface area contributed by atoms with Crippen LogP contribution in [0.2, 0.25) is 5.15 Å². The van der Waals surface area contributed by atoms with Gasteiger partial charge in [-0.3, -0.25) is 0 Å². The normalized spacial score (nSPS) is 17.4. The summed E-state index contributed by atoms with van der Waals surface area (Å²) in [4.78, 5) is 4.53. The molecule has 0 aliphatic carbocycles. The fourth-order valence-electron chi connectivity index (χ4n) is 2.70. The zero-order chi connectivity index (χ0) is 12.5. The lowest BCUT2D eigenvalue weighted by molar-refractivity contribution is 0.367. The van der Waals surface area contributed by atoms with Crippen molar-refractivity contribution in [1.29, 1.82) is 0 Å². The van der Waals surface area contributed by atoms with Gasteiger partial charge in [0.2, 0.25) is 0 Å². The number of pyridine rings is 1. The van der Waals surface area contributed by atoms with E-state index in [-0.39, 0.29) is 0 Å². The third kappa shape index (κ3) is 2.25. The van der Waals surface area contributed by atoms with Crippen LogP contribution in [0.1, 0.15) is 24.2 Å². The molecule has 96 valence electrons. The maximum absolute atomic E-state index is 6.20. The van der Waals surface area contributed by atoms with E-state index in [0.717, 1.165) is 36.8 Å². The molecule has 3 rings (SSSR count). The smallest absolute Gasteiger partial charge is 0.155 e. The molecule has 2 aromatic heterocycles. The molecule has 4 heteroatoms. The first kappa shape index (κ1) is 12.0. The summed E-state index contributed by atoms with van der Waals surface area (Å²) in [5, 5.41) is 4.02. The van der Waals surface area contributed by atoms with Crippen molar-refractivity contribution < 1.29 is 0 Å². The molecule has 1 aliphatic rings. The van der Waals surface area contributed by atoms with Crippen LogP contribution >= 0.6 is 11.6 Å². The number of imidazole rings is 1. The van der Waals surface area contributed by atoms with E-state index in [1.165, 1.54) is 18.4 Å². The van der Waals surface area contributed by atoms with Crippen LogP contribution in [0.4, 0.5) is 0 Å². The minimum absolute atomic E-state index is 0.624. The molecule has 2 aromatic rings. The molecule has 0 unspecified atom stereocenters. The lowest BCUT2D eigenvalue weighted by Crippen LogP contribution is -2.29. The van der Waals surface area contributed by atoms with E-state index in [9.17, 15) is 0 Å². The quantitative estimate of drug-likeness (QED) is 0.903. The molecule has 3 nitrogen and oxygen atoms in total.